The monoisotopic (exact) mass is 485 g/mol. The molecule has 0 aliphatic carbocycles. The van der Waals surface area contributed by atoms with E-state index in [1.807, 2.05) is 0 Å². The van der Waals surface area contributed by atoms with Gasteiger partial charge in [0, 0.05) is 19.8 Å². The van der Waals surface area contributed by atoms with Crippen molar-refractivity contribution in [2.24, 2.45) is 0 Å². The minimum absolute atomic E-state index is 0.0295. The summed E-state index contributed by atoms with van der Waals surface area (Å²) in [5.41, 5.74) is 0. The number of allylic oxidation sites excluding steroid dienone is 2. The second-order valence-corrected chi connectivity index (χ2v) is 9.65. The summed E-state index contributed by atoms with van der Waals surface area (Å²) in [5, 5.41) is 11.3. The number of carbonyl (C=O) groups is 3. The summed E-state index contributed by atoms with van der Waals surface area (Å²) in [6, 6.07) is -0.716. The first-order valence-corrected chi connectivity index (χ1v) is 12.7. The summed E-state index contributed by atoms with van der Waals surface area (Å²) in [6.07, 6.45) is 14.3. The number of carboxylic acids is 1. The van der Waals surface area contributed by atoms with Gasteiger partial charge in [-0.1, -0.05) is 51.2 Å². The van der Waals surface area contributed by atoms with Crippen LogP contribution in [-0.4, -0.2) is 75.5 Å². The highest BCUT2D eigenvalue weighted by Gasteiger charge is 2.25. The molecule has 0 aromatic heterocycles. The summed E-state index contributed by atoms with van der Waals surface area (Å²) in [5.74, 6) is -1.95. The molecule has 0 aromatic rings. The van der Waals surface area contributed by atoms with Crippen molar-refractivity contribution in [2.45, 2.75) is 96.6 Å². The quantitative estimate of drug-likeness (QED) is 0.106. The topological polar surface area (TPSA) is 102 Å². The summed E-state index contributed by atoms with van der Waals surface area (Å²) < 4.78 is 16.2. The maximum absolute atomic E-state index is 12.2. The van der Waals surface area contributed by atoms with Crippen molar-refractivity contribution in [3.8, 4) is 0 Å². The Hall–Kier alpha value is -1.93. The molecule has 8 heteroatoms. The molecule has 0 aromatic carbocycles. The second kappa shape index (κ2) is 19.4. The first-order valence-electron chi connectivity index (χ1n) is 12.7. The SMILES string of the molecule is CCCC/C=C\CCCCCCCC(=O)OC(COCCC(C(=O)[O-])[N+](C)(C)C)COC(C)=O. The van der Waals surface area contributed by atoms with Crippen LogP contribution < -0.4 is 5.11 Å². The van der Waals surface area contributed by atoms with Gasteiger partial charge in [-0.3, -0.25) is 9.59 Å². The van der Waals surface area contributed by atoms with Crippen LogP contribution in [0.4, 0.5) is 0 Å². The molecule has 0 N–H and O–H groups in total. The molecule has 0 saturated carbocycles. The van der Waals surface area contributed by atoms with Gasteiger partial charge in [-0.15, -0.1) is 0 Å². The van der Waals surface area contributed by atoms with Crippen LogP contribution in [0.5, 0.6) is 0 Å². The molecule has 0 aliphatic heterocycles. The average Bonchev–Trinajstić information content (AvgIpc) is 2.74. The van der Waals surface area contributed by atoms with E-state index in [0.29, 0.717) is 6.42 Å². The number of esters is 2. The van der Waals surface area contributed by atoms with Crippen LogP contribution in [0, 0.1) is 0 Å². The fourth-order valence-corrected chi connectivity index (χ4v) is 3.42. The molecule has 198 valence electrons. The van der Waals surface area contributed by atoms with Gasteiger partial charge in [-0.05, 0) is 25.7 Å². The lowest BCUT2D eigenvalue weighted by Gasteiger charge is -2.34. The molecule has 0 spiro atoms. The molecule has 0 rings (SSSR count). The Labute approximate surface area is 206 Å². The Kier molecular flexibility index (Phi) is 18.3. The minimum Gasteiger partial charge on any atom is -0.544 e. The number of nitrogens with zero attached hydrogens (tertiary/aromatic N) is 1. The molecule has 0 heterocycles. The van der Waals surface area contributed by atoms with Crippen LogP contribution >= 0.6 is 0 Å². The predicted octanol–water partition coefficient (Wildman–Crippen LogP) is 3.17. The van der Waals surface area contributed by atoms with Gasteiger partial charge in [-0.2, -0.15) is 0 Å². The first-order chi connectivity index (χ1) is 16.1. The van der Waals surface area contributed by atoms with Crippen LogP contribution in [-0.2, 0) is 28.6 Å². The maximum Gasteiger partial charge on any atom is 0.306 e. The fraction of sp³-hybridized carbons (Fsp3) is 0.808. The highest BCUT2D eigenvalue weighted by atomic mass is 16.6. The maximum atomic E-state index is 12.2. The molecular formula is C26H47NO7. The van der Waals surface area contributed by atoms with Crippen LogP contribution in [0.2, 0.25) is 0 Å². The van der Waals surface area contributed by atoms with Gasteiger partial charge < -0.3 is 28.6 Å². The molecule has 0 aliphatic rings. The summed E-state index contributed by atoms with van der Waals surface area (Å²) in [7, 11) is 5.33. The molecule has 34 heavy (non-hydrogen) atoms. The van der Waals surface area contributed by atoms with Crippen molar-refractivity contribution in [2.75, 3.05) is 41.0 Å². The highest BCUT2D eigenvalue weighted by molar-refractivity contribution is 5.70. The van der Waals surface area contributed by atoms with Crippen molar-refractivity contribution in [1.29, 1.82) is 0 Å². The zero-order chi connectivity index (χ0) is 25.8. The van der Waals surface area contributed by atoms with Crippen LogP contribution in [0.25, 0.3) is 0 Å². The Morgan fingerprint density at radius 1 is 0.912 bits per heavy atom. The van der Waals surface area contributed by atoms with Crippen molar-refractivity contribution in [3.05, 3.63) is 12.2 Å². The first kappa shape index (κ1) is 32.1. The zero-order valence-electron chi connectivity index (χ0n) is 22.0. The summed E-state index contributed by atoms with van der Waals surface area (Å²) >= 11 is 0. The van der Waals surface area contributed by atoms with Crippen molar-refractivity contribution >= 4 is 17.9 Å². The van der Waals surface area contributed by atoms with Crippen LogP contribution in [0.1, 0.15) is 84.5 Å². The molecule has 0 amide bonds. The zero-order valence-corrected chi connectivity index (χ0v) is 22.0. The van der Waals surface area contributed by atoms with Crippen LogP contribution in [0.3, 0.4) is 0 Å². The Morgan fingerprint density at radius 3 is 2.12 bits per heavy atom. The normalized spacial score (nSPS) is 13.6. The number of unbranched alkanes of at least 4 members (excludes halogenated alkanes) is 7. The summed E-state index contributed by atoms with van der Waals surface area (Å²) in [6.45, 7) is 3.58. The third kappa shape index (κ3) is 18.5. The summed E-state index contributed by atoms with van der Waals surface area (Å²) in [4.78, 5) is 34.7. The van der Waals surface area contributed by atoms with Crippen LogP contribution in [0.15, 0.2) is 12.2 Å². The number of aliphatic carboxylic acids is 1. The molecular weight excluding hydrogens is 438 g/mol. The lowest BCUT2D eigenvalue weighted by Crippen LogP contribution is -2.55. The number of hydrogen-bond donors (Lipinski definition) is 0. The largest absolute Gasteiger partial charge is 0.544 e. The number of ether oxygens (including phenoxy) is 3. The molecule has 0 bridgehead atoms. The van der Waals surface area contributed by atoms with Gasteiger partial charge >= 0.3 is 11.9 Å². The lowest BCUT2D eigenvalue weighted by molar-refractivity contribution is -0.889. The average molecular weight is 486 g/mol. The molecule has 8 nitrogen and oxygen atoms in total. The number of likely N-dealkylation sites (N-methyl/N-ethyl adjacent to an activating group) is 1. The van der Waals surface area contributed by atoms with E-state index < -0.39 is 24.1 Å². The van der Waals surface area contributed by atoms with E-state index in [1.54, 1.807) is 21.1 Å². The predicted molar refractivity (Wildman–Crippen MR) is 130 cm³/mol. The fourth-order valence-electron chi connectivity index (χ4n) is 3.42. The van der Waals surface area contributed by atoms with Gasteiger partial charge in [0.05, 0.1) is 40.3 Å². The van der Waals surface area contributed by atoms with Gasteiger partial charge in [0.25, 0.3) is 0 Å². The smallest absolute Gasteiger partial charge is 0.306 e. The number of quaternary nitrogens is 1. The van der Waals surface area contributed by atoms with E-state index in [4.69, 9.17) is 14.2 Å². The Morgan fingerprint density at radius 2 is 1.53 bits per heavy atom. The molecule has 0 saturated heterocycles. The van der Waals surface area contributed by atoms with Gasteiger partial charge in [0.15, 0.2) is 6.10 Å². The Balaban J connectivity index is 4.18. The van der Waals surface area contributed by atoms with Gasteiger partial charge in [-0.25, -0.2) is 0 Å². The van der Waals surface area contributed by atoms with Crippen molar-refractivity contribution in [3.63, 3.8) is 0 Å². The molecule has 2 atom stereocenters. The highest BCUT2D eigenvalue weighted by Crippen LogP contribution is 2.11. The van der Waals surface area contributed by atoms with E-state index >= 15 is 0 Å². The number of carbonyl (C=O) groups excluding carboxylic acids is 3. The van der Waals surface area contributed by atoms with E-state index in [0.717, 1.165) is 32.1 Å². The number of hydrogen-bond acceptors (Lipinski definition) is 7. The standard InChI is InChI=1S/C26H47NO7/c1-6-7-8-9-10-11-12-13-14-15-16-17-25(29)34-23(21-33-22(2)28)20-32-19-18-24(26(30)31)27(3,4)5/h9-10,23-24H,6-8,11-21H2,1-5H3/b10-9-. The van der Waals surface area contributed by atoms with Gasteiger partial charge in [0.2, 0.25) is 0 Å². The van der Waals surface area contributed by atoms with Crippen molar-refractivity contribution in [1.82, 2.24) is 0 Å². The van der Waals surface area contributed by atoms with Crippen molar-refractivity contribution < 1.29 is 38.2 Å². The molecule has 0 radical (unpaired) electrons. The number of carboxylic acid groups (broad SMARTS) is 1. The third-order valence-corrected chi connectivity index (χ3v) is 5.46. The van der Waals surface area contributed by atoms with E-state index in [1.165, 1.54) is 32.6 Å². The Bertz CT molecular complexity index is 598. The minimum atomic E-state index is -1.14. The van der Waals surface area contributed by atoms with Gasteiger partial charge in [0.1, 0.15) is 12.6 Å². The van der Waals surface area contributed by atoms with E-state index in [9.17, 15) is 19.5 Å². The van der Waals surface area contributed by atoms with E-state index in [-0.39, 0.29) is 36.7 Å². The van der Waals surface area contributed by atoms with E-state index in [2.05, 4.69) is 19.1 Å². The molecule has 2 unspecified atom stereocenters. The second-order valence-electron chi connectivity index (χ2n) is 9.65. The lowest BCUT2D eigenvalue weighted by atomic mass is 10.1. The number of rotatable bonds is 21. The molecule has 0 fully saturated rings. The third-order valence-electron chi connectivity index (χ3n) is 5.46.